The molecule has 5 nitrogen and oxygen atoms in total. The van der Waals surface area contributed by atoms with Gasteiger partial charge in [-0.05, 0) is 36.6 Å². The van der Waals surface area contributed by atoms with Gasteiger partial charge in [0, 0.05) is 18.5 Å². The lowest BCUT2D eigenvalue weighted by Crippen LogP contribution is -2.36. The summed E-state index contributed by atoms with van der Waals surface area (Å²) in [6.45, 7) is 0.895. The Hall–Kier alpha value is -2.35. The van der Waals surface area contributed by atoms with Crippen molar-refractivity contribution in [2.45, 2.75) is 31.1 Å². The van der Waals surface area contributed by atoms with Crippen LogP contribution in [0.5, 0.6) is 0 Å². The van der Waals surface area contributed by atoms with E-state index in [0.717, 1.165) is 25.1 Å². The molecule has 1 aliphatic carbocycles. The Kier molecular flexibility index (Phi) is 3.79. The summed E-state index contributed by atoms with van der Waals surface area (Å²) in [4.78, 5) is 16.4. The number of benzene rings is 1. The SMILES string of the molecule is O=C(NCc1cccc(C(F)(F)F)c1)c1ncoc1C1C2CNC1C2. The van der Waals surface area contributed by atoms with Gasteiger partial charge in [0.15, 0.2) is 12.1 Å². The van der Waals surface area contributed by atoms with Gasteiger partial charge in [-0.3, -0.25) is 4.79 Å². The standard InChI is InChI=1S/C17H16F3N3O2/c18-17(19,20)11-3-1-2-9(4-11)6-22-16(24)14-15(25-8-23-14)13-10-5-12(13)21-7-10/h1-4,8,10,12-13,21H,5-7H2,(H,22,24). The predicted molar refractivity (Wildman–Crippen MR) is 81.8 cm³/mol. The lowest BCUT2D eigenvalue weighted by Gasteiger charge is -2.32. The maximum Gasteiger partial charge on any atom is 0.416 e. The predicted octanol–water partition coefficient (Wildman–Crippen LogP) is 2.70. The molecule has 3 fully saturated rings. The van der Waals surface area contributed by atoms with Crippen LogP contribution in [-0.4, -0.2) is 23.5 Å². The summed E-state index contributed by atoms with van der Waals surface area (Å²) in [6.07, 6.45) is -2.10. The van der Waals surface area contributed by atoms with Crippen molar-refractivity contribution in [2.24, 2.45) is 5.92 Å². The molecule has 1 amide bonds. The number of halogens is 3. The second-order valence-corrected chi connectivity index (χ2v) is 6.48. The van der Waals surface area contributed by atoms with Crippen molar-refractivity contribution >= 4 is 5.91 Å². The van der Waals surface area contributed by atoms with Crippen molar-refractivity contribution < 1.29 is 22.4 Å². The van der Waals surface area contributed by atoms with E-state index in [9.17, 15) is 18.0 Å². The van der Waals surface area contributed by atoms with E-state index in [1.807, 2.05) is 0 Å². The first-order valence-electron chi connectivity index (χ1n) is 8.04. The Morgan fingerprint density at radius 3 is 2.92 bits per heavy atom. The number of carbonyl (C=O) groups is 1. The van der Waals surface area contributed by atoms with Crippen LogP contribution in [0.1, 0.15) is 39.7 Å². The summed E-state index contributed by atoms with van der Waals surface area (Å²) in [5, 5.41) is 5.97. The minimum Gasteiger partial charge on any atom is -0.447 e. The molecule has 5 rings (SSSR count). The summed E-state index contributed by atoms with van der Waals surface area (Å²) in [5.74, 6) is 0.727. The molecule has 25 heavy (non-hydrogen) atoms. The van der Waals surface area contributed by atoms with Crippen molar-refractivity contribution in [3.63, 3.8) is 0 Å². The van der Waals surface area contributed by atoms with Gasteiger partial charge < -0.3 is 15.1 Å². The molecule has 2 aromatic rings. The lowest BCUT2D eigenvalue weighted by atomic mass is 9.72. The molecule has 2 N–H and O–H groups in total. The second kappa shape index (κ2) is 5.87. The van der Waals surface area contributed by atoms with E-state index < -0.39 is 17.6 Å². The highest BCUT2D eigenvalue weighted by Gasteiger charge is 2.50. The second-order valence-electron chi connectivity index (χ2n) is 6.48. The van der Waals surface area contributed by atoms with E-state index in [1.165, 1.54) is 18.5 Å². The monoisotopic (exact) mass is 351 g/mol. The van der Waals surface area contributed by atoms with Crippen molar-refractivity contribution in [1.29, 1.82) is 0 Å². The third-order valence-electron chi connectivity index (χ3n) is 4.96. The van der Waals surface area contributed by atoms with Crippen molar-refractivity contribution in [3.05, 3.63) is 53.2 Å². The van der Waals surface area contributed by atoms with E-state index in [4.69, 9.17) is 4.42 Å². The molecule has 3 heterocycles. The van der Waals surface area contributed by atoms with Gasteiger partial charge in [0.05, 0.1) is 5.56 Å². The number of carbonyl (C=O) groups excluding carboxylic acids is 1. The minimum atomic E-state index is -4.41. The molecule has 2 aliphatic heterocycles. The molecule has 132 valence electrons. The van der Waals surface area contributed by atoms with Crippen LogP contribution in [0, 0.1) is 5.92 Å². The Labute approximate surface area is 141 Å². The molecule has 3 aliphatic rings. The first-order chi connectivity index (χ1) is 11.9. The quantitative estimate of drug-likeness (QED) is 0.889. The Morgan fingerprint density at radius 2 is 2.24 bits per heavy atom. The highest BCUT2D eigenvalue weighted by Crippen LogP contribution is 2.47. The average Bonchev–Trinajstić information content (AvgIpc) is 3.28. The van der Waals surface area contributed by atoms with Crippen LogP contribution in [0.2, 0.25) is 0 Å². The molecule has 3 atom stereocenters. The largest absolute Gasteiger partial charge is 0.447 e. The smallest absolute Gasteiger partial charge is 0.416 e. The molecular formula is C17H16F3N3O2. The topological polar surface area (TPSA) is 67.2 Å². The van der Waals surface area contributed by atoms with Crippen LogP contribution in [-0.2, 0) is 12.7 Å². The number of nitrogens with one attached hydrogen (secondary N) is 2. The summed E-state index contributed by atoms with van der Waals surface area (Å²) >= 11 is 0. The maximum atomic E-state index is 12.7. The van der Waals surface area contributed by atoms with Crippen LogP contribution in [0.15, 0.2) is 35.1 Å². The highest BCUT2D eigenvalue weighted by atomic mass is 19.4. The van der Waals surface area contributed by atoms with Crippen molar-refractivity contribution in [2.75, 3.05) is 6.54 Å². The summed E-state index contributed by atoms with van der Waals surface area (Å²) < 4.78 is 43.6. The van der Waals surface area contributed by atoms with Crippen molar-refractivity contribution in [3.8, 4) is 0 Å². The highest BCUT2D eigenvalue weighted by molar-refractivity contribution is 5.93. The molecule has 8 heteroatoms. The molecule has 1 aromatic heterocycles. The Bertz CT molecular complexity index is 788. The number of oxazole rings is 1. The Balaban J connectivity index is 1.45. The molecule has 1 aromatic carbocycles. The fourth-order valence-corrected chi connectivity index (χ4v) is 3.66. The lowest BCUT2D eigenvalue weighted by molar-refractivity contribution is -0.137. The van der Waals surface area contributed by atoms with Gasteiger partial charge in [-0.1, -0.05) is 12.1 Å². The van der Waals surface area contributed by atoms with Gasteiger partial charge in [0.2, 0.25) is 0 Å². The van der Waals surface area contributed by atoms with Gasteiger partial charge in [-0.25, -0.2) is 4.98 Å². The van der Waals surface area contributed by atoms with Gasteiger partial charge in [-0.2, -0.15) is 13.2 Å². The number of hydrogen-bond donors (Lipinski definition) is 2. The van der Waals surface area contributed by atoms with E-state index in [1.54, 1.807) is 0 Å². The zero-order valence-electron chi connectivity index (χ0n) is 13.1. The first kappa shape index (κ1) is 16.1. The fraction of sp³-hybridized carbons (Fsp3) is 0.412. The van der Waals surface area contributed by atoms with Crippen LogP contribution in [0.3, 0.4) is 0 Å². The van der Waals surface area contributed by atoms with Crippen LogP contribution < -0.4 is 10.6 Å². The summed E-state index contributed by atoms with van der Waals surface area (Å²) in [7, 11) is 0. The number of hydrogen-bond acceptors (Lipinski definition) is 4. The third kappa shape index (κ3) is 2.90. The number of amides is 1. The fourth-order valence-electron chi connectivity index (χ4n) is 3.66. The number of alkyl halides is 3. The maximum absolute atomic E-state index is 12.7. The van der Waals surface area contributed by atoms with E-state index in [-0.39, 0.29) is 18.2 Å². The summed E-state index contributed by atoms with van der Waals surface area (Å²) in [5.41, 5.74) is -0.146. The number of fused-ring (bicyclic) bond motifs is 1. The van der Waals surface area contributed by atoms with Crippen molar-refractivity contribution in [1.82, 2.24) is 15.6 Å². The molecule has 2 saturated heterocycles. The zero-order chi connectivity index (χ0) is 17.6. The number of rotatable bonds is 4. The van der Waals surface area contributed by atoms with Gasteiger partial charge in [0.1, 0.15) is 5.76 Å². The van der Waals surface area contributed by atoms with E-state index >= 15 is 0 Å². The van der Waals surface area contributed by atoms with Gasteiger partial charge in [0.25, 0.3) is 5.91 Å². The normalized spacial score (nSPS) is 24.8. The van der Waals surface area contributed by atoms with E-state index in [0.29, 0.717) is 23.3 Å². The third-order valence-corrected chi connectivity index (χ3v) is 4.96. The average molecular weight is 351 g/mol. The molecule has 0 spiro atoms. The number of aromatic nitrogens is 1. The molecule has 2 bridgehead atoms. The Morgan fingerprint density at radius 1 is 1.40 bits per heavy atom. The van der Waals surface area contributed by atoms with E-state index in [2.05, 4.69) is 15.6 Å². The minimum absolute atomic E-state index is 0.00910. The summed E-state index contributed by atoms with van der Waals surface area (Å²) in [6, 6.07) is 5.20. The molecular weight excluding hydrogens is 335 g/mol. The zero-order valence-corrected chi connectivity index (χ0v) is 13.1. The van der Waals surface area contributed by atoms with Gasteiger partial charge in [-0.15, -0.1) is 0 Å². The molecule has 3 unspecified atom stereocenters. The van der Waals surface area contributed by atoms with Crippen LogP contribution in [0.25, 0.3) is 0 Å². The molecule has 1 saturated carbocycles. The first-order valence-corrected chi connectivity index (χ1v) is 8.04. The van der Waals surface area contributed by atoms with Crippen LogP contribution in [0.4, 0.5) is 13.2 Å². The molecule has 0 radical (unpaired) electrons. The van der Waals surface area contributed by atoms with Crippen LogP contribution >= 0.6 is 0 Å². The number of nitrogens with zero attached hydrogens (tertiary/aromatic N) is 1. The van der Waals surface area contributed by atoms with Gasteiger partial charge >= 0.3 is 6.18 Å².